The van der Waals surface area contributed by atoms with E-state index in [1.165, 1.54) is 24.6 Å². The van der Waals surface area contributed by atoms with Gasteiger partial charge in [0.25, 0.3) is 5.91 Å². The summed E-state index contributed by atoms with van der Waals surface area (Å²) in [6, 6.07) is 4.06. The van der Waals surface area contributed by atoms with Crippen LogP contribution in [0.2, 0.25) is 5.02 Å². The quantitative estimate of drug-likeness (QED) is 0.558. The van der Waals surface area contributed by atoms with Crippen molar-refractivity contribution in [2.75, 3.05) is 17.6 Å². The molecule has 0 spiro atoms. The summed E-state index contributed by atoms with van der Waals surface area (Å²) in [5.41, 5.74) is 7.76. The van der Waals surface area contributed by atoms with Crippen molar-refractivity contribution in [3.8, 4) is 0 Å². The van der Waals surface area contributed by atoms with Gasteiger partial charge in [0.1, 0.15) is 17.2 Å². The third kappa shape index (κ3) is 4.40. The molecule has 1 heterocycles. The van der Waals surface area contributed by atoms with Crippen molar-refractivity contribution in [2.45, 2.75) is 50.9 Å². The number of aryl methyl sites for hydroxylation is 1. The number of nitrogens with one attached hydrogen (secondary N) is 2. The lowest BCUT2D eigenvalue weighted by Crippen LogP contribution is -2.36. The second kappa shape index (κ2) is 9.21. The monoisotopic (exact) mass is 487 g/mol. The van der Waals surface area contributed by atoms with Gasteiger partial charge in [-0.15, -0.1) is 0 Å². The van der Waals surface area contributed by atoms with Crippen molar-refractivity contribution < 1.29 is 14.0 Å². The number of halogens is 2. The minimum absolute atomic E-state index is 0.0563. The van der Waals surface area contributed by atoms with Crippen molar-refractivity contribution in [2.24, 2.45) is 30.7 Å². The zero-order valence-corrected chi connectivity index (χ0v) is 20.1. The maximum absolute atomic E-state index is 13.5. The highest BCUT2D eigenvalue weighted by molar-refractivity contribution is 6.31. The van der Waals surface area contributed by atoms with E-state index < -0.39 is 5.82 Å². The van der Waals surface area contributed by atoms with E-state index in [0.717, 1.165) is 50.8 Å². The van der Waals surface area contributed by atoms with Crippen LogP contribution < -0.4 is 16.4 Å². The van der Waals surface area contributed by atoms with Gasteiger partial charge in [-0.25, -0.2) is 4.39 Å². The van der Waals surface area contributed by atoms with Crippen molar-refractivity contribution in [3.63, 3.8) is 0 Å². The van der Waals surface area contributed by atoms with Crippen LogP contribution in [-0.2, 0) is 11.8 Å². The summed E-state index contributed by atoms with van der Waals surface area (Å²) >= 11 is 5.85. The minimum atomic E-state index is -0.542. The molecule has 3 aliphatic carbocycles. The molecule has 3 saturated carbocycles. The Morgan fingerprint density at radius 3 is 2.53 bits per heavy atom. The van der Waals surface area contributed by atoms with Crippen LogP contribution in [0.5, 0.6) is 0 Å². The highest BCUT2D eigenvalue weighted by Gasteiger charge is 2.44. The van der Waals surface area contributed by atoms with E-state index in [2.05, 4.69) is 15.7 Å². The number of nitrogens with two attached hydrogens (primary N) is 1. The first-order valence-corrected chi connectivity index (χ1v) is 12.5. The first-order valence-electron chi connectivity index (χ1n) is 12.2. The molecule has 2 amide bonds. The average molecular weight is 488 g/mol. The standard InChI is InChI=1S/C25H31ClFN5O2/c1-32-23(28)21(25(34)30-18-5-6-20(27)19(26)11-18)22(31-32)17-9-15-7-13(8-16(15)10-17)12-29-24(33)14-3-2-4-14/h5-6,11,13-17H,2-4,7-10,12,28H2,1H3,(H,29,33)(H,30,34). The number of aromatic nitrogens is 2. The number of hydrogen-bond acceptors (Lipinski definition) is 4. The summed E-state index contributed by atoms with van der Waals surface area (Å²) < 4.78 is 15.0. The topological polar surface area (TPSA) is 102 Å². The van der Waals surface area contributed by atoms with E-state index in [0.29, 0.717) is 34.8 Å². The number of fused-ring (bicyclic) bond motifs is 1. The van der Waals surface area contributed by atoms with Crippen molar-refractivity contribution >= 4 is 34.9 Å². The van der Waals surface area contributed by atoms with Gasteiger partial charge >= 0.3 is 0 Å². The van der Waals surface area contributed by atoms with Gasteiger partial charge < -0.3 is 16.4 Å². The van der Waals surface area contributed by atoms with Crippen LogP contribution >= 0.6 is 11.6 Å². The van der Waals surface area contributed by atoms with Gasteiger partial charge in [0.2, 0.25) is 5.91 Å². The fourth-order valence-electron chi connectivity index (χ4n) is 6.04. The van der Waals surface area contributed by atoms with Gasteiger partial charge in [0.05, 0.1) is 10.7 Å². The molecule has 0 radical (unpaired) electrons. The Bertz CT molecular complexity index is 1100. The third-order valence-corrected chi connectivity index (χ3v) is 8.35. The molecular weight excluding hydrogens is 457 g/mol. The number of amides is 2. The zero-order valence-electron chi connectivity index (χ0n) is 19.3. The number of hydrogen-bond donors (Lipinski definition) is 3. The van der Waals surface area contributed by atoms with E-state index >= 15 is 0 Å². The normalized spacial score (nSPS) is 26.2. The molecule has 0 bridgehead atoms. The van der Waals surface area contributed by atoms with E-state index in [1.54, 1.807) is 11.7 Å². The van der Waals surface area contributed by atoms with E-state index in [1.807, 2.05) is 0 Å². The number of carbonyl (C=O) groups excluding carboxylic acids is 2. The Balaban J connectivity index is 1.23. The predicted molar refractivity (Wildman–Crippen MR) is 129 cm³/mol. The molecule has 9 heteroatoms. The molecule has 1 aromatic carbocycles. The summed E-state index contributed by atoms with van der Waals surface area (Å²) in [6.07, 6.45) is 7.37. The summed E-state index contributed by atoms with van der Waals surface area (Å²) in [5.74, 6) is 1.71. The van der Waals surface area contributed by atoms with Gasteiger partial charge in [-0.1, -0.05) is 18.0 Å². The highest BCUT2D eigenvalue weighted by Crippen LogP contribution is 2.53. The lowest BCUT2D eigenvalue weighted by molar-refractivity contribution is -0.127. The Hall–Kier alpha value is -2.61. The molecule has 2 aromatic rings. The molecule has 5 rings (SSSR count). The number of nitrogen functional groups attached to an aromatic ring is 1. The summed E-state index contributed by atoms with van der Waals surface area (Å²) in [7, 11) is 1.74. The van der Waals surface area contributed by atoms with Crippen LogP contribution in [0.3, 0.4) is 0 Å². The van der Waals surface area contributed by atoms with Crippen LogP contribution in [-0.4, -0.2) is 28.1 Å². The molecular formula is C25H31ClFN5O2. The molecule has 0 aliphatic heterocycles. The Kier molecular flexibility index (Phi) is 6.27. The number of anilines is 2. The lowest BCUT2D eigenvalue weighted by atomic mass is 9.84. The van der Waals surface area contributed by atoms with Crippen molar-refractivity contribution in [1.29, 1.82) is 0 Å². The number of rotatable bonds is 6. The molecule has 2 unspecified atom stereocenters. The first-order chi connectivity index (χ1) is 16.3. The fourth-order valence-corrected chi connectivity index (χ4v) is 6.22. The third-order valence-electron chi connectivity index (χ3n) is 8.06. The number of nitrogens with zero attached hydrogens (tertiary/aromatic N) is 2. The maximum atomic E-state index is 13.5. The molecule has 7 nitrogen and oxygen atoms in total. The van der Waals surface area contributed by atoms with Crippen LogP contribution in [0, 0.1) is 29.5 Å². The van der Waals surface area contributed by atoms with Gasteiger partial charge in [-0.3, -0.25) is 14.3 Å². The maximum Gasteiger partial charge on any atom is 0.261 e. The Morgan fingerprint density at radius 1 is 1.21 bits per heavy atom. The molecule has 3 aliphatic rings. The minimum Gasteiger partial charge on any atom is -0.383 e. The van der Waals surface area contributed by atoms with Gasteiger partial charge in [-0.05, 0) is 74.5 Å². The Labute approximate surface area is 203 Å². The fraction of sp³-hybridized carbons (Fsp3) is 0.560. The molecule has 1 aromatic heterocycles. The van der Waals surface area contributed by atoms with E-state index in [9.17, 15) is 14.0 Å². The van der Waals surface area contributed by atoms with E-state index in [-0.39, 0.29) is 28.7 Å². The van der Waals surface area contributed by atoms with Crippen molar-refractivity contribution in [3.05, 3.63) is 40.3 Å². The summed E-state index contributed by atoms with van der Waals surface area (Å²) in [5, 5.41) is 10.5. The van der Waals surface area contributed by atoms with Crippen LogP contribution in [0.25, 0.3) is 0 Å². The van der Waals surface area contributed by atoms with Crippen molar-refractivity contribution in [1.82, 2.24) is 15.1 Å². The predicted octanol–water partition coefficient (Wildman–Crippen LogP) is 4.48. The van der Waals surface area contributed by atoms with Crippen LogP contribution in [0.15, 0.2) is 18.2 Å². The van der Waals surface area contributed by atoms with Gasteiger partial charge in [-0.2, -0.15) is 5.10 Å². The smallest absolute Gasteiger partial charge is 0.261 e. The average Bonchev–Trinajstić information content (AvgIpc) is 3.40. The molecule has 0 saturated heterocycles. The SMILES string of the molecule is Cn1nc(C2CC3CC(CNC(=O)C4CCC4)CC3C2)c(C(=O)Nc2ccc(F)c(Cl)c2)c1N. The molecule has 182 valence electrons. The van der Waals surface area contributed by atoms with Crippen LogP contribution in [0.1, 0.15) is 66.9 Å². The van der Waals surface area contributed by atoms with Crippen LogP contribution in [0.4, 0.5) is 15.9 Å². The van der Waals surface area contributed by atoms with Gasteiger partial charge in [0, 0.05) is 31.1 Å². The van der Waals surface area contributed by atoms with E-state index in [4.69, 9.17) is 17.3 Å². The Morgan fingerprint density at radius 2 is 1.91 bits per heavy atom. The zero-order chi connectivity index (χ0) is 24.0. The number of carbonyl (C=O) groups is 2. The lowest BCUT2D eigenvalue weighted by Gasteiger charge is -2.25. The highest BCUT2D eigenvalue weighted by atomic mass is 35.5. The second-order valence-electron chi connectivity index (χ2n) is 10.3. The summed E-state index contributed by atoms with van der Waals surface area (Å²) in [4.78, 5) is 25.3. The molecule has 2 atom stereocenters. The summed E-state index contributed by atoms with van der Waals surface area (Å²) in [6.45, 7) is 0.775. The molecule has 4 N–H and O–H groups in total. The number of benzene rings is 1. The second-order valence-corrected chi connectivity index (χ2v) is 10.7. The molecule has 34 heavy (non-hydrogen) atoms. The molecule has 3 fully saturated rings. The van der Waals surface area contributed by atoms with Gasteiger partial charge in [0.15, 0.2) is 0 Å². The first kappa shape index (κ1) is 23.1. The largest absolute Gasteiger partial charge is 0.383 e.